The number of nitrogens with two attached hydrogens (primary N) is 1. The molecule has 4 aromatic rings. The second kappa shape index (κ2) is 10.3. The molecule has 2 aromatic heterocycles. The highest BCUT2D eigenvalue weighted by Crippen LogP contribution is 2.41. The van der Waals surface area contributed by atoms with Crippen molar-refractivity contribution in [2.45, 2.75) is 25.7 Å². The summed E-state index contributed by atoms with van der Waals surface area (Å²) in [6, 6.07) is 11.5. The van der Waals surface area contributed by atoms with Crippen LogP contribution in [0.15, 0.2) is 55.0 Å². The van der Waals surface area contributed by atoms with Crippen molar-refractivity contribution >= 4 is 39.1 Å². The fourth-order valence-electron chi connectivity index (χ4n) is 5.87. The Kier molecular flexibility index (Phi) is 6.66. The summed E-state index contributed by atoms with van der Waals surface area (Å²) in [5.74, 6) is 1.85. The Morgan fingerprint density at radius 3 is 2.68 bits per heavy atom. The number of hydrogen-bond donors (Lipinski definition) is 2. The van der Waals surface area contributed by atoms with Gasteiger partial charge in [0.15, 0.2) is 5.82 Å². The van der Waals surface area contributed by atoms with Crippen LogP contribution in [0.3, 0.4) is 0 Å². The van der Waals surface area contributed by atoms with Crippen LogP contribution in [-0.4, -0.2) is 41.2 Å². The smallest absolute Gasteiger partial charge is 0.319 e. The molecule has 2 aliphatic rings. The predicted molar refractivity (Wildman–Crippen MR) is 150 cm³/mol. The molecule has 1 aliphatic carbocycles. The molecule has 2 atom stereocenters. The molecule has 2 bridgehead atoms. The molecule has 2 aromatic carbocycles. The van der Waals surface area contributed by atoms with Crippen molar-refractivity contribution in [3.05, 3.63) is 65.8 Å². The van der Waals surface area contributed by atoms with Gasteiger partial charge in [0.2, 0.25) is 0 Å². The summed E-state index contributed by atoms with van der Waals surface area (Å²) in [5, 5.41) is 5.78. The van der Waals surface area contributed by atoms with Crippen molar-refractivity contribution in [1.29, 1.82) is 0 Å². The molecule has 0 radical (unpaired) electrons. The quantitative estimate of drug-likeness (QED) is 0.283. The molecule has 196 valence electrons. The van der Waals surface area contributed by atoms with Crippen LogP contribution in [0.25, 0.3) is 32.9 Å². The van der Waals surface area contributed by atoms with E-state index in [2.05, 4.69) is 26.8 Å². The Bertz CT molecular complexity index is 1510. The lowest BCUT2D eigenvalue weighted by Crippen LogP contribution is -2.37. The van der Waals surface area contributed by atoms with Crippen molar-refractivity contribution < 1.29 is 9.13 Å². The zero-order valence-corrected chi connectivity index (χ0v) is 21.8. The minimum Gasteiger partial charge on any atom is -0.463 e. The second-order valence-electron chi connectivity index (χ2n) is 10.3. The van der Waals surface area contributed by atoms with E-state index in [9.17, 15) is 0 Å². The van der Waals surface area contributed by atoms with Crippen LogP contribution in [0, 0.1) is 17.7 Å². The predicted octanol–water partition coefficient (Wildman–Crippen LogP) is 5.66. The third-order valence-corrected chi connectivity index (χ3v) is 7.88. The fourth-order valence-corrected chi connectivity index (χ4v) is 6.16. The van der Waals surface area contributed by atoms with Crippen LogP contribution >= 0.6 is 11.6 Å². The number of rotatable bonds is 8. The molecule has 0 spiro atoms. The topological polar surface area (TPSA) is 89.2 Å². The van der Waals surface area contributed by atoms with Crippen LogP contribution in [0.5, 0.6) is 6.01 Å². The Morgan fingerprint density at radius 1 is 1.16 bits per heavy atom. The van der Waals surface area contributed by atoms with Gasteiger partial charge < -0.3 is 20.7 Å². The number of ether oxygens (including phenoxy) is 1. The highest BCUT2D eigenvalue weighted by Gasteiger charge is 2.34. The molecule has 1 saturated carbocycles. The van der Waals surface area contributed by atoms with Crippen LogP contribution in [0.1, 0.15) is 25.7 Å². The molecule has 1 aliphatic heterocycles. The van der Waals surface area contributed by atoms with Crippen molar-refractivity contribution in [3.8, 4) is 17.3 Å². The molecule has 0 amide bonds. The van der Waals surface area contributed by atoms with E-state index >= 15 is 4.39 Å². The molecular formula is C29H30ClFN6O. The number of anilines is 1. The molecule has 9 heteroatoms. The van der Waals surface area contributed by atoms with Crippen LogP contribution in [0.4, 0.5) is 10.2 Å². The molecule has 2 fully saturated rings. The van der Waals surface area contributed by atoms with Gasteiger partial charge in [0.05, 0.1) is 17.8 Å². The average molecular weight is 533 g/mol. The number of pyridine rings is 1. The van der Waals surface area contributed by atoms with E-state index < -0.39 is 5.82 Å². The number of halogens is 2. The Labute approximate surface area is 225 Å². The van der Waals surface area contributed by atoms with Gasteiger partial charge in [0, 0.05) is 41.8 Å². The number of hydrogen-bond acceptors (Lipinski definition) is 7. The van der Waals surface area contributed by atoms with Crippen molar-refractivity contribution in [1.82, 2.24) is 20.3 Å². The summed E-state index contributed by atoms with van der Waals surface area (Å²) in [4.78, 5) is 16.2. The van der Waals surface area contributed by atoms with E-state index in [1.807, 2.05) is 30.3 Å². The molecule has 6 rings (SSSR count). The van der Waals surface area contributed by atoms with Gasteiger partial charge in [-0.3, -0.25) is 4.98 Å². The Balaban J connectivity index is 1.43. The lowest BCUT2D eigenvalue weighted by atomic mass is 9.98. The third kappa shape index (κ3) is 4.69. The summed E-state index contributed by atoms with van der Waals surface area (Å²) in [7, 11) is 0. The van der Waals surface area contributed by atoms with Gasteiger partial charge in [-0.25, -0.2) is 4.39 Å². The van der Waals surface area contributed by atoms with E-state index in [-0.39, 0.29) is 17.2 Å². The van der Waals surface area contributed by atoms with Crippen LogP contribution in [-0.2, 0) is 0 Å². The first kappa shape index (κ1) is 24.7. The van der Waals surface area contributed by atoms with Crippen molar-refractivity contribution in [2.75, 3.05) is 31.1 Å². The molecule has 3 heterocycles. The van der Waals surface area contributed by atoms with Gasteiger partial charge >= 0.3 is 6.01 Å². The lowest BCUT2D eigenvalue weighted by molar-refractivity contribution is 0.286. The number of fused-ring (bicyclic) bond motifs is 4. The first-order valence-corrected chi connectivity index (χ1v) is 13.5. The minimum absolute atomic E-state index is 0.156. The highest BCUT2D eigenvalue weighted by atomic mass is 35.5. The normalized spacial score (nSPS) is 18.7. The first-order valence-electron chi connectivity index (χ1n) is 13.1. The van der Waals surface area contributed by atoms with Gasteiger partial charge in [-0.2, -0.15) is 9.97 Å². The molecule has 2 unspecified atom stereocenters. The maximum absolute atomic E-state index is 16.3. The zero-order valence-electron chi connectivity index (χ0n) is 21.1. The lowest BCUT2D eigenvalue weighted by Gasteiger charge is -2.33. The Morgan fingerprint density at radius 2 is 1.92 bits per heavy atom. The summed E-state index contributed by atoms with van der Waals surface area (Å²) < 4.78 is 22.3. The fraction of sp³-hybridized carbons (Fsp3) is 0.345. The highest BCUT2D eigenvalue weighted by molar-refractivity contribution is 6.36. The number of benzene rings is 2. The maximum Gasteiger partial charge on any atom is 0.319 e. The number of nitrogens with zero attached hydrogens (tertiary/aromatic N) is 4. The van der Waals surface area contributed by atoms with Crippen LogP contribution in [0.2, 0.25) is 5.02 Å². The van der Waals surface area contributed by atoms with E-state index in [0.717, 1.165) is 23.9 Å². The monoisotopic (exact) mass is 532 g/mol. The van der Waals surface area contributed by atoms with Gasteiger partial charge in [-0.1, -0.05) is 48.5 Å². The average Bonchev–Trinajstić information content (AvgIpc) is 3.25. The Hall–Kier alpha value is -3.65. The van der Waals surface area contributed by atoms with E-state index in [0.29, 0.717) is 59.0 Å². The maximum atomic E-state index is 16.3. The molecular weight excluding hydrogens is 503 g/mol. The number of aromatic nitrogens is 3. The van der Waals surface area contributed by atoms with Gasteiger partial charge in [-0.05, 0) is 49.0 Å². The first-order chi connectivity index (χ1) is 18.5. The minimum atomic E-state index is -0.510. The zero-order chi connectivity index (χ0) is 26.2. The summed E-state index contributed by atoms with van der Waals surface area (Å²) >= 11 is 6.55. The number of piperidine rings is 1. The van der Waals surface area contributed by atoms with E-state index in [1.165, 1.54) is 19.3 Å². The standard InChI is InChI=1S/C29H30ClFN6O/c1-17(32)33-11-4-12-38-29-35-27-22(28(36-29)37-15-18-9-10-19(13-18)16-37)14-34-26(25(27)31)21-7-2-5-20-6-3-8-23(30)24(20)21/h2-3,5-8,14,18-19,33H,1,4,9-13,15-16,32H2. The van der Waals surface area contributed by atoms with Crippen LogP contribution < -0.4 is 20.7 Å². The molecule has 38 heavy (non-hydrogen) atoms. The number of nitrogens with one attached hydrogen (secondary N) is 1. The molecule has 3 N–H and O–H groups in total. The van der Waals surface area contributed by atoms with Gasteiger partial charge in [0.25, 0.3) is 0 Å². The van der Waals surface area contributed by atoms with Gasteiger partial charge in [-0.15, -0.1) is 0 Å². The van der Waals surface area contributed by atoms with E-state index in [1.54, 1.807) is 12.3 Å². The van der Waals surface area contributed by atoms with Crippen molar-refractivity contribution in [3.63, 3.8) is 0 Å². The molecule has 7 nitrogen and oxygen atoms in total. The van der Waals surface area contributed by atoms with Gasteiger partial charge in [0.1, 0.15) is 17.0 Å². The second-order valence-corrected chi connectivity index (χ2v) is 10.7. The summed E-state index contributed by atoms with van der Waals surface area (Å²) in [6.45, 7) is 6.39. The summed E-state index contributed by atoms with van der Waals surface area (Å²) in [6.07, 6.45) is 6.06. The summed E-state index contributed by atoms with van der Waals surface area (Å²) in [5.41, 5.74) is 6.60. The largest absolute Gasteiger partial charge is 0.463 e. The molecule has 1 saturated heterocycles. The third-order valence-electron chi connectivity index (χ3n) is 7.56. The van der Waals surface area contributed by atoms with Crippen molar-refractivity contribution in [2.24, 2.45) is 17.6 Å². The SMILES string of the molecule is C=C(N)NCCCOc1nc(N2CC3CCC(C3)C2)c2cnc(-c3cccc4cccc(Cl)c34)c(F)c2n1. The van der Waals surface area contributed by atoms with E-state index in [4.69, 9.17) is 27.1 Å².